The Morgan fingerprint density at radius 3 is 2.65 bits per heavy atom. The minimum atomic E-state index is 0.0626. The summed E-state index contributed by atoms with van der Waals surface area (Å²) in [6.07, 6.45) is 7.08. The second-order valence-electron chi connectivity index (χ2n) is 6.16. The van der Waals surface area contributed by atoms with Crippen LogP contribution >= 0.6 is 0 Å². The fourth-order valence-electron chi connectivity index (χ4n) is 3.36. The van der Waals surface area contributed by atoms with Crippen molar-refractivity contribution in [2.45, 2.75) is 25.8 Å². The summed E-state index contributed by atoms with van der Waals surface area (Å²) in [5.74, 6) is 2.11. The summed E-state index contributed by atoms with van der Waals surface area (Å²) in [6, 6.07) is 5.93. The van der Waals surface area contributed by atoms with Crippen molar-refractivity contribution in [1.82, 2.24) is 19.4 Å². The van der Waals surface area contributed by atoms with Crippen molar-refractivity contribution in [3.63, 3.8) is 0 Å². The number of rotatable bonds is 2. The molecule has 0 unspecified atom stereocenters. The van der Waals surface area contributed by atoms with E-state index >= 15 is 0 Å². The third kappa shape index (κ3) is 2.81. The number of carbonyl (C=O) groups is 1. The summed E-state index contributed by atoms with van der Waals surface area (Å²) in [6.45, 7) is 4.06. The number of anilines is 1. The molecular weight excluding hydrogens is 290 g/mol. The average Bonchev–Trinajstić information content (AvgIpc) is 3.06. The zero-order chi connectivity index (χ0) is 15.6. The van der Waals surface area contributed by atoms with Crippen LogP contribution < -0.4 is 4.90 Å². The van der Waals surface area contributed by atoms with E-state index in [0.717, 1.165) is 50.8 Å². The third-order valence-electron chi connectivity index (χ3n) is 4.67. The molecular formula is C17H21N5O. The van der Waals surface area contributed by atoms with Crippen LogP contribution in [0.3, 0.4) is 0 Å². The lowest BCUT2D eigenvalue weighted by molar-refractivity contribution is 0.0741. The molecule has 6 heteroatoms. The van der Waals surface area contributed by atoms with Crippen molar-refractivity contribution in [2.75, 3.05) is 31.1 Å². The molecule has 23 heavy (non-hydrogen) atoms. The molecule has 0 saturated carbocycles. The summed E-state index contributed by atoms with van der Waals surface area (Å²) < 4.78 is 2.14. The Balaban J connectivity index is 1.42. The molecule has 2 aromatic heterocycles. The molecule has 6 nitrogen and oxygen atoms in total. The lowest BCUT2D eigenvalue weighted by Crippen LogP contribution is -2.49. The fraction of sp³-hybridized carbons (Fsp3) is 0.471. The van der Waals surface area contributed by atoms with E-state index in [1.165, 1.54) is 12.8 Å². The quantitative estimate of drug-likeness (QED) is 0.845. The van der Waals surface area contributed by atoms with Gasteiger partial charge in [-0.2, -0.15) is 0 Å². The van der Waals surface area contributed by atoms with Crippen LogP contribution in [-0.4, -0.2) is 51.5 Å². The van der Waals surface area contributed by atoms with E-state index in [1.54, 1.807) is 0 Å². The number of hydrogen-bond acceptors (Lipinski definition) is 4. The second-order valence-corrected chi connectivity index (χ2v) is 6.16. The molecule has 0 spiro atoms. The van der Waals surface area contributed by atoms with Gasteiger partial charge in [0.05, 0.1) is 0 Å². The maximum atomic E-state index is 12.7. The van der Waals surface area contributed by atoms with Gasteiger partial charge in [-0.3, -0.25) is 4.79 Å². The van der Waals surface area contributed by atoms with Crippen LogP contribution in [-0.2, 0) is 13.0 Å². The number of aromatic nitrogens is 3. The highest BCUT2D eigenvalue weighted by molar-refractivity contribution is 5.92. The van der Waals surface area contributed by atoms with Crippen molar-refractivity contribution in [3.05, 3.63) is 42.1 Å². The van der Waals surface area contributed by atoms with E-state index in [2.05, 4.69) is 19.4 Å². The van der Waals surface area contributed by atoms with Gasteiger partial charge in [-0.15, -0.1) is 0 Å². The molecule has 1 fully saturated rings. The van der Waals surface area contributed by atoms with Gasteiger partial charge in [-0.05, 0) is 25.0 Å². The van der Waals surface area contributed by atoms with Crippen molar-refractivity contribution in [3.8, 4) is 0 Å². The number of pyridine rings is 1. The first-order valence-electron chi connectivity index (χ1n) is 8.32. The van der Waals surface area contributed by atoms with Crippen LogP contribution in [0.4, 0.5) is 5.82 Å². The van der Waals surface area contributed by atoms with E-state index < -0.39 is 0 Å². The van der Waals surface area contributed by atoms with Crippen molar-refractivity contribution >= 4 is 11.7 Å². The maximum Gasteiger partial charge on any atom is 0.274 e. The van der Waals surface area contributed by atoms with Crippen molar-refractivity contribution in [2.24, 2.45) is 0 Å². The Kier molecular flexibility index (Phi) is 3.73. The van der Waals surface area contributed by atoms with Gasteiger partial charge in [0, 0.05) is 51.5 Å². The molecule has 4 rings (SSSR count). The van der Waals surface area contributed by atoms with Gasteiger partial charge < -0.3 is 14.4 Å². The summed E-state index contributed by atoms with van der Waals surface area (Å²) >= 11 is 0. The topological polar surface area (TPSA) is 54.3 Å². The number of fused-ring (bicyclic) bond motifs is 1. The summed E-state index contributed by atoms with van der Waals surface area (Å²) in [5, 5.41) is 0. The van der Waals surface area contributed by atoms with E-state index in [-0.39, 0.29) is 5.91 Å². The Morgan fingerprint density at radius 1 is 1.04 bits per heavy atom. The second kappa shape index (κ2) is 6.02. The molecule has 2 aliphatic heterocycles. The van der Waals surface area contributed by atoms with Gasteiger partial charge in [0.2, 0.25) is 0 Å². The molecule has 120 valence electrons. The monoisotopic (exact) mass is 311 g/mol. The Bertz CT molecular complexity index is 665. The molecule has 0 N–H and O–H groups in total. The number of piperazine rings is 1. The van der Waals surface area contributed by atoms with Gasteiger partial charge in [-0.1, -0.05) is 6.07 Å². The highest BCUT2D eigenvalue weighted by Gasteiger charge is 2.25. The van der Waals surface area contributed by atoms with Gasteiger partial charge in [0.15, 0.2) is 0 Å². The Morgan fingerprint density at radius 2 is 1.91 bits per heavy atom. The Labute approximate surface area is 135 Å². The molecule has 1 saturated heterocycles. The van der Waals surface area contributed by atoms with Gasteiger partial charge in [-0.25, -0.2) is 9.97 Å². The highest BCUT2D eigenvalue weighted by Crippen LogP contribution is 2.17. The standard InChI is InChI=1S/C17H21N5O/c23-17(14-13-22-8-4-2-6-16(22)19-14)21-11-9-20(10-12-21)15-5-1-3-7-18-15/h1,3,5,7,13H,2,4,6,8-12H2. The maximum absolute atomic E-state index is 12.7. The minimum absolute atomic E-state index is 0.0626. The van der Waals surface area contributed by atoms with Crippen LogP contribution in [0.1, 0.15) is 29.2 Å². The van der Waals surface area contributed by atoms with Crippen LogP contribution in [0.2, 0.25) is 0 Å². The molecule has 0 bridgehead atoms. The van der Waals surface area contributed by atoms with E-state index in [1.807, 2.05) is 35.5 Å². The molecule has 0 radical (unpaired) electrons. The van der Waals surface area contributed by atoms with Gasteiger partial charge in [0.25, 0.3) is 5.91 Å². The normalized spacial score (nSPS) is 17.9. The minimum Gasteiger partial charge on any atom is -0.353 e. The molecule has 2 aliphatic rings. The highest BCUT2D eigenvalue weighted by atomic mass is 16.2. The largest absolute Gasteiger partial charge is 0.353 e. The predicted octanol–water partition coefficient (Wildman–Crippen LogP) is 1.58. The van der Waals surface area contributed by atoms with Crippen LogP contribution in [0, 0.1) is 0 Å². The SMILES string of the molecule is O=C(c1cn2c(n1)CCCC2)N1CCN(c2ccccn2)CC1. The molecule has 4 heterocycles. The molecule has 0 aromatic carbocycles. The lowest BCUT2D eigenvalue weighted by atomic mass is 10.2. The first-order chi connectivity index (χ1) is 11.3. The van der Waals surface area contributed by atoms with Crippen LogP contribution in [0.25, 0.3) is 0 Å². The first-order valence-corrected chi connectivity index (χ1v) is 8.32. The van der Waals surface area contributed by atoms with Crippen molar-refractivity contribution in [1.29, 1.82) is 0 Å². The zero-order valence-electron chi connectivity index (χ0n) is 13.2. The van der Waals surface area contributed by atoms with E-state index in [4.69, 9.17) is 0 Å². The van der Waals surface area contributed by atoms with Crippen molar-refractivity contribution < 1.29 is 4.79 Å². The average molecular weight is 311 g/mol. The fourth-order valence-corrected chi connectivity index (χ4v) is 3.36. The van der Waals surface area contributed by atoms with Crippen LogP contribution in [0.5, 0.6) is 0 Å². The van der Waals surface area contributed by atoms with Crippen LogP contribution in [0.15, 0.2) is 30.6 Å². The molecule has 0 atom stereocenters. The van der Waals surface area contributed by atoms with Gasteiger partial charge >= 0.3 is 0 Å². The molecule has 1 amide bonds. The first kappa shape index (κ1) is 14.2. The molecule has 0 aliphatic carbocycles. The molecule has 2 aromatic rings. The number of hydrogen-bond donors (Lipinski definition) is 0. The predicted molar refractivity (Wildman–Crippen MR) is 87.5 cm³/mol. The summed E-state index contributed by atoms with van der Waals surface area (Å²) in [5.41, 5.74) is 0.605. The smallest absolute Gasteiger partial charge is 0.274 e. The number of carbonyl (C=O) groups excluding carboxylic acids is 1. The number of aryl methyl sites for hydroxylation is 2. The lowest BCUT2D eigenvalue weighted by Gasteiger charge is -2.35. The number of amides is 1. The van der Waals surface area contributed by atoms with Gasteiger partial charge in [0.1, 0.15) is 17.3 Å². The summed E-state index contributed by atoms with van der Waals surface area (Å²) in [4.78, 5) is 25.7. The Hall–Kier alpha value is -2.37. The summed E-state index contributed by atoms with van der Waals surface area (Å²) in [7, 11) is 0. The zero-order valence-corrected chi connectivity index (χ0v) is 13.2. The number of imidazole rings is 1. The number of nitrogens with zero attached hydrogens (tertiary/aromatic N) is 5. The van der Waals surface area contributed by atoms with E-state index in [0.29, 0.717) is 5.69 Å². The third-order valence-corrected chi connectivity index (χ3v) is 4.67. The van der Waals surface area contributed by atoms with E-state index in [9.17, 15) is 4.79 Å².